The van der Waals surface area contributed by atoms with Crippen molar-refractivity contribution in [3.05, 3.63) is 71.9 Å². The number of fused-ring (bicyclic) bond motifs is 1. The van der Waals surface area contributed by atoms with Crippen LogP contribution in [0.15, 0.2) is 54.9 Å². The number of hydrogen-bond acceptors (Lipinski definition) is 4. The second-order valence-electron chi connectivity index (χ2n) is 6.39. The van der Waals surface area contributed by atoms with E-state index in [0.717, 1.165) is 42.4 Å². The van der Waals surface area contributed by atoms with Crippen LogP contribution in [0.25, 0.3) is 11.3 Å². The van der Waals surface area contributed by atoms with Gasteiger partial charge in [0.1, 0.15) is 12.4 Å². The van der Waals surface area contributed by atoms with Crippen LogP contribution >= 0.6 is 0 Å². The molecule has 2 aromatic heterocycles. The third kappa shape index (κ3) is 3.62. The van der Waals surface area contributed by atoms with Gasteiger partial charge >= 0.3 is 0 Å². The Balaban J connectivity index is 1.37. The molecule has 5 nitrogen and oxygen atoms in total. The molecule has 0 fully saturated rings. The maximum absolute atomic E-state index is 5.96. The van der Waals surface area contributed by atoms with Crippen LogP contribution in [0.1, 0.15) is 17.1 Å². The van der Waals surface area contributed by atoms with E-state index in [-0.39, 0.29) is 6.10 Å². The fourth-order valence-electron chi connectivity index (χ4n) is 3.12. The molecule has 0 bridgehead atoms. The van der Waals surface area contributed by atoms with Crippen LogP contribution in [0.3, 0.4) is 0 Å². The summed E-state index contributed by atoms with van der Waals surface area (Å²) in [5.74, 6) is 0.996. The first-order valence-electron chi connectivity index (χ1n) is 8.64. The van der Waals surface area contributed by atoms with E-state index in [9.17, 15) is 0 Å². The van der Waals surface area contributed by atoms with Crippen LogP contribution in [0.2, 0.25) is 0 Å². The van der Waals surface area contributed by atoms with Crippen LogP contribution in [-0.4, -0.2) is 27.2 Å². The SMILES string of the molecule is Cc1cccnc1CNC[C@H]1Cn2cc(-c3ccccc3)nc2CO1. The molecule has 0 amide bonds. The lowest BCUT2D eigenvalue weighted by atomic mass is 10.2. The van der Waals surface area contributed by atoms with Gasteiger partial charge in [-0.2, -0.15) is 0 Å². The van der Waals surface area contributed by atoms with Crippen molar-refractivity contribution in [2.24, 2.45) is 0 Å². The Hall–Kier alpha value is -2.50. The number of aryl methyl sites for hydroxylation is 1. The predicted octanol–water partition coefficient (Wildman–Crippen LogP) is 2.94. The molecule has 4 rings (SSSR count). The molecule has 3 aromatic rings. The van der Waals surface area contributed by atoms with E-state index < -0.39 is 0 Å². The summed E-state index contributed by atoms with van der Waals surface area (Å²) in [7, 11) is 0. The molecule has 128 valence electrons. The van der Waals surface area contributed by atoms with Crippen LogP contribution in [0.4, 0.5) is 0 Å². The average molecular weight is 334 g/mol. The van der Waals surface area contributed by atoms with Crippen molar-refractivity contribution in [1.82, 2.24) is 19.9 Å². The van der Waals surface area contributed by atoms with Gasteiger partial charge in [-0.25, -0.2) is 4.98 Å². The molecule has 5 heteroatoms. The second-order valence-corrected chi connectivity index (χ2v) is 6.39. The van der Waals surface area contributed by atoms with Gasteiger partial charge in [-0.3, -0.25) is 4.98 Å². The zero-order valence-corrected chi connectivity index (χ0v) is 14.4. The number of imidazole rings is 1. The second kappa shape index (κ2) is 7.17. The zero-order valence-electron chi connectivity index (χ0n) is 14.4. The van der Waals surface area contributed by atoms with Crippen LogP contribution in [0.5, 0.6) is 0 Å². The molecule has 0 spiro atoms. The van der Waals surface area contributed by atoms with Gasteiger partial charge in [-0.15, -0.1) is 0 Å². The quantitative estimate of drug-likeness (QED) is 0.779. The maximum atomic E-state index is 5.96. The largest absolute Gasteiger partial charge is 0.367 e. The highest BCUT2D eigenvalue weighted by Crippen LogP contribution is 2.21. The highest BCUT2D eigenvalue weighted by molar-refractivity contribution is 5.58. The monoisotopic (exact) mass is 334 g/mol. The predicted molar refractivity (Wildman–Crippen MR) is 96.9 cm³/mol. The fourth-order valence-corrected chi connectivity index (χ4v) is 3.12. The van der Waals surface area contributed by atoms with Gasteiger partial charge in [-0.05, 0) is 18.6 Å². The minimum Gasteiger partial charge on any atom is -0.367 e. The first-order chi connectivity index (χ1) is 12.3. The summed E-state index contributed by atoms with van der Waals surface area (Å²) in [4.78, 5) is 9.12. The van der Waals surface area contributed by atoms with Crippen molar-refractivity contribution in [2.45, 2.75) is 32.7 Å². The summed E-state index contributed by atoms with van der Waals surface area (Å²) in [6.07, 6.45) is 4.11. The van der Waals surface area contributed by atoms with Crippen molar-refractivity contribution in [1.29, 1.82) is 0 Å². The van der Waals surface area contributed by atoms with Crippen LogP contribution in [-0.2, 0) is 24.4 Å². The molecule has 0 saturated heterocycles. The van der Waals surface area contributed by atoms with E-state index in [1.807, 2.05) is 30.5 Å². The summed E-state index contributed by atoms with van der Waals surface area (Å²) in [5.41, 5.74) is 4.46. The van der Waals surface area contributed by atoms with Gasteiger partial charge in [0.15, 0.2) is 0 Å². The van der Waals surface area contributed by atoms with Crippen molar-refractivity contribution >= 4 is 0 Å². The summed E-state index contributed by atoms with van der Waals surface area (Å²) in [6, 6.07) is 14.3. The molecule has 1 aliphatic rings. The Morgan fingerprint density at radius 2 is 2.08 bits per heavy atom. The Bertz CT molecular complexity index is 844. The average Bonchev–Trinajstić information content (AvgIpc) is 3.07. The first kappa shape index (κ1) is 16.0. The lowest BCUT2D eigenvalue weighted by Gasteiger charge is -2.24. The number of nitrogens with one attached hydrogen (secondary N) is 1. The van der Waals surface area contributed by atoms with E-state index >= 15 is 0 Å². The third-order valence-electron chi connectivity index (χ3n) is 4.56. The molecule has 1 N–H and O–H groups in total. The minimum absolute atomic E-state index is 0.148. The normalized spacial score (nSPS) is 16.6. The Morgan fingerprint density at radius 1 is 1.20 bits per heavy atom. The van der Waals surface area contributed by atoms with Crippen molar-refractivity contribution in [3.8, 4) is 11.3 Å². The molecular formula is C20H22N4O. The smallest absolute Gasteiger partial charge is 0.135 e. The Labute approximate surface area is 147 Å². The van der Waals surface area contributed by atoms with E-state index in [1.54, 1.807) is 0 Å². The number of hydrogen-bond donors (Lipinski definition) is 1. The molecule has 0 unspecified atom stereocenters. The number of nitrogens with zero attached hydrogens (tertiary/aromatic N) is 3. The van der Waals surface area contributed by atoms with Crippen molar-refractivity contribution in [2.75, 3.05) is 6.54 Å². The van der Waals surface area contributed by atoms with Gasteiger partial charge < -0.3 is 14.6 Å². The summed E-state index contributed by atoms with van der Waals surface area (Å²) in [6.45, 7) is 5.03. The van der Waals surface area contributed by atoms with Gasteiger partial charge in [0.2, 0.25) is 0 Å². The zero-order chi connectivity index (χ0) is 17.1. The van der Waals surface area contributed by atoms with Gasteiger partial charge in [0.05, 0.1) is 24.0 Å². The molecule has 1 atom stereocenters. The number of aromatic nitrogens is 3. The highest BCUT2D eigenvalue weighted by atomic mass is 16.5. The van der Waals surface area contributed by atoms with E-state index in [0.29, 0.717) is 6.61 Å². The molecule has 0 aliphatic carbocycles. The lowest BCUT2D eigenvalue weighted by molar-refractivity contribution is 0.00274. The van der Waals surface area contributed by atoms with E-state index in [2.05, 4.69) is 46.2 Å². The number of pyridine rings is 1. The van der Waals surface area contributed by atoms with E-state index in [1.165, 1.54) is 5.56 Å². The molecule has 0 saturated carbocycles. The standard InChI is InChI=1S/C20H22N4O/c1-15-6-5-9-22-18(15)11-21-10-17-12-24-13-19(23-20(24)14-25-17)16-7-3-2-4-8-16/h2-9,13,17,21H,10-12,14H2,1H3/t17-/m0/s1. The maximum Gasteiger partial charge on any atom is 0.135 e. The van der Waals surface area contributed by atoms with Crippen molar-refractivity contribution in [3.63, 3.8) is 0 Å². The summed E-state index contributed by atoms with van der Waals surface area (Å²) >= 11 is 0. The first-order valence-corrected chi connectivity index (χ1v) is 8.64. The number of benzene rings is 1. The summed E-state index contributed by atoms with van der Waals surface area (Å²) in [5, 5.41) is 3.46. The summed E-state index contributed by atoms with van der Waals surface area (Å²) < 4.78 is 8.17. The molecule has 1 aromatic carbocycles. The molecule has 3 heterocycles. The van der Waals surface area contributed by atoms with Crippen LogP contribution in [0, 0.1) is 6.92 Å². The molecule has 0 radical (unpaired) electrons. The van der Waals surface area contributed by atoms with Crippen LogP contribution < -0.4 is 5.32 Å². The lowest BCUT2D eigenvalue weighted by Crippen LogP contribution is -2.36. The Kier molecular flexibility index (Phi) is 4.59. The van der Waals surface area contributed by atoms with Gasteiger partial charge in [0, 0.05) is 31.0 Å². The third-order valence-corrected chi connectivity index (χ3v) is 4.56. The number of ether oxygens (including phenoxy) is 1. The van der Waals surface area contributed by atoms with Crippen molar-refractivity contribution < 1.29 is 4.74 Å². The topological polar surface area (TPSA) is 52.0 Å². The molecular weight excluding hydrogens is 312 g/mol. The molecule has 1 aliphatic heterocycles. The highest BCUT2D eigenvalue weighted by Gasteiger charge is 2.21. The van der Waals surface area contributed by atoms with Gasteiger partial charge in [-0.1, -0.05) is 36.4 Å². The fraction of sp³-hybridized carbons (Fsp3) is 0.300. The Morgan fingerprint density at radius 3 is 2.92 bits per heavy atom. The van der Waals surface area contributed by atoms with E-state index in [4.69, 9.17) is 9.72 Å². The minimum atomic E-state index is 0.148. The number of rotatable bonds is 5. The molecule has 25 heavy (non-hydrogen) atoms. The van der Waals surface area contributed by atoms with Gasteiger partial charge in [0.25, 0.3) is 0 Å².